The van der Waals surface area contributed by atoms with Gasteiger partial charge in [0.05, 0.1) is 0 Å². The van der Waals surface area contributed by atoms with Gasteiger partial charge in [0.2, 0.25) is 0 Å². The predicted octanol–water partition coefficient (Wildman–Crippen LogP) is 1.33. The second-order valence-corrected chi connectivity index (χ2v) is 2.71. The molecule has 2 nitrogen and oxygen atoms in total. The fourth-order valence-electron chi connectivity index (χ4n) is 0.937. The normalized spacial score (nSPS) is 14.1. The van der Waals surface area contributed by atoms with Crippen molar-refractivity contribution in [1.82, 2.24) is 0 Å². The maximum absolute atomic E-state index is 8.50. The van der Waals surface area contributed by atoms with Crippen molar-refractivity contribution in [3.05, 3.63) is 6.92 Å². The van der Waals surface area contributed by atoms with Crippen LogP contribution in [0, 0.1) is 12.8 Å². The van der Waals surface area contributed by atoms with Crippen LogP contribution in [-0.2, 0) is 0 Å². The zero-order valence-electron chi connectivity index (χ0n) is 6.58. The van der Waals surface area contributed by atoms with E-state index in [2.05, 4.69) is 13.8 Å². The molecule has 0 aliphatic rings. The molecular weight excluding hydrogens is 128 g/mol. The van der Waals surface area contributed by atoms with Gasteiger partial charge >= 0.3 is 0 Å². The summed E-state index contributed by atoms with van der Waals surface area (Å²) >= 11 is 0. The Labute approximate surface area is 62.9 Å². The summed E-state index contributed by atoms with van der Waals surface area (Å²) in [5.74, 6) is 0.381. The monoisotopic (exact) mass is 145 g/mol. The largest absolute Gasteiger partial charge is 0.368 e. The summed E-state index contributed by atoms with van der Waals surface area (Å²) in [6.07, 6.45) is 2.31. The van der Waals surface area contributed by atoms with Crippen LogP contribution in [-0.4, -0.2) is 16.5 Å². The highest BCUT2D eigenvalue weighted by Gasteiger charge is 2.03. The minimum atomic E-state index is -1.15. The van der Waals surface area contributed by atoms with Crippen LogP contribution in [0.2, 0.25) is 0 Å². The first kappa shape index (κ1) is 9.92. The van der Waals surface area contributed by atoms with E-state index >= 15 is 0 Å². The third-order valence-corrected chi connectivity index (χ3v) is 1.53. The molecule has 0 amide bonds. The summed E-state index contributed by atoms with van der Waals surface area (Å²) in [5, 5.41) is 17.0. The van der Waals surface area contributed by atoms with Gasteiger partial charge in [0.25, 0.3) is 0 Å². The number of hydrogen-bond acceptors (Lipinski definition) is 2. The Morgan fingerprint density at radius 2 is 1.80 bits per heavy atom. The Balaban J connectivity index is 3.12. The molecule has 0 saturated carbocycles. The van der Waals surface area contributed by atoms with Crippen molar-refractivity contribution >= 4 is 0 Å². The molecule has 0 aromatic carbocycles. The topological polar surface area (TPSA) is 40.5 Å². The molecule has 0 aromatic heterocycles. The average Bonchev–Trinajstić information content (AvgIpc) is 1.85. The summed E-state index contributed by atoms with van der Waals surface area (Å²) in [6, 6.07) is 0. The molecule has 1 radical (unpaired) electrons. The SMILES string of the molecule is [CH2]C(CCC)CCC(O)O. The summed E-state index contributed by atoms with van der Waals surface area (Å²) in [5.41, 5.74) is 0. The Morgan fingerprint density at radius 3 is 2.20 bits per heavy atom. The molecular formula is C8H17O2. The van der Waals surface area contributed by atoms with Crippen molar-refractivity contribution in [2.75, 3.05) is 0 Å². The molecule has 0 fully saturated rings. The Bertz CT molecular complexity index is 71.7. The number of hydrogen-bond donors (Lipinski definition) is 2. The van der Waals surface area contributed by atoms with E-state index in [0.29, 0.717) is 12.3 Å². The van der Waals surface area contributed by atoms with E-state index in [1.807, 2.05) is 0 Å². The Kier molecular flexibility index (Phi) is 5.64. The standard InChI is InChI=1S/C8H17O2/c1-3-4-7(2)5-6-8(9)10/h7-10H,2-6H2,1H3. The number of aliphatic hydroxyl groups excluding tert-OH is 1. The lowest BCUT2D eigenvalue weighted by molar-refractivity contribution is -0.0481. The summed E-state index contributed by atoms with van der Waals surface area (Å²) < 4.78 is 0. The first-order valence-corrected chi connectivity index (χ1v) is 3.86. The zero-order valence-corrected chi connectivity index (χ0v) is 6.58. The van der Waals surface area contributed by atoms with E-state index in [0.717, 1.165) is 19.3 Å². The molecule has 0 aliphatic heterocycles. The van der Waals surface area contributed by atoms with Gasteiger partial charge in [0.15, 0.2) is 6.29 Å². The fraction of sp³-hybridized carbons (Fsp3) is 0.875. The maximum atomic E-state index is 8.50. The van der Waals surface area contributed by atoms with Gasteiger partial charge in [-0.1, -0.05) is 26.7 Å². The highest BCUT2D eigenvalue weighted by molar-refractivity contribution is 4.60. The van der Waals surface area contributed by atoms with Crippen molar-refractivity contribution in [2.45, 2.75) is 38.9 Å². The van der Waals surface area contributed by atoms with Gasteiger partial charge in [-0.25, -0.2) is 0 Å². The van der Waals surface area contributed by atoms with E-state index in [4.69, 9.17) is 10.2 Å². The molecule has 10 heavy (non-hydrogen) atoms. The van der Waals surface area contributed by atoms with Crippen LogP contribution in [0.4, 0.5) is 0 Å². The Hall–Kier alpha value is -0.0800. The van der Waals surface area contributed by atoms with Gasteiger partial charge in [-0.15, -0.1) is 0 Å². The van der Waals surface area contributed by atoms with E-state index in [1.54, 1.807) is 0 Å². The van der Waals surface area contributed by atoms with Crippen LogP contribution < -0.4 is 0 Å². The summed E-state index contributed by atoms with van der Waals surface area (Å²) in [6.45, 7) is 5.98. The second kappa shape index (κ2) is 5.69. The molecule has 0 spiro atoms. The molecule has 1 atom stereocenters. The predicted molar refractivity (Wildman–Crippen MR) is 41.2 cm³/mol. The summed E-state index contributed by atoms with van der Waals surface area (Å²) in [4.78, 5) is 0. The van der Waals surface area contributed by atoms with Crippen LogP contribution in [0.5, 0.6) is 0 Å². The highest BCUT2D eigenvalue weighted by Crippen LogP contribution is 2.12. The zero-order chi connectivity index (χ0) is 7.98. The molecule has 61 valence electrons. The van der Waals surface area contributed by atoms with Crippen molar-refractivity contribution in [1.29, 1.82) is 0 Å². The highest BCUT2D eigenvalue weighted by atomic mass is 16.5. The maximum Gasteiger partial charge on any atom is 0.151 e. The summed E-state index contributed by atoms with van der Waals surface area (Å²) in [7, 11) is 0. The third-order valence-electron chi connectivity index (χ3n) is 1.53. The van der Waals surface area contributed by atoms with Crippen LogP contribution >= 0.6 is 0 Å². The molecule has 1 unspecified atom stereocenters. The van der Waals surface area contributed by atoms with E-state index in [9.17, 15) is 0 Å². The van der Waals surface area contributed by atoms with Crippen LogP contribution in [0.25, 0.3) is 0 Å². The van der Waals surface area contributed by atoms with Gasteiger partial charge in [-0.05, 0) is 18.8 Å². The number of rotatable bonds is 5. The van der Waals surface area contributed by atoms with Crippen LogP contribution in [0.15, 0.2) is 0 Å². The van der Waals surface area contributed by atoms with Gasteiger partial charge in [0, 0.05) is 0 Å². The minimum Gasteiger partial charge on any atom is -0.368 e. The van der Waals surface area contributed by atoms with Crippen molar-refractivity contribution in [2.24, 2.45) is 5.92 Å². The van der Waals surface area contributed by atoms with Crippen LogP contribution in [0.3, 0.4) is 0 Å². The molecule has 2 heteroatoms. The molecule has 0 aliphatic carbocycles. The van der Waals surface area contributed by atoms with E-state index in [1.165, 1.54) is 0 Å². The quantitative estimate of drug-likeness (QED) is 0.573. The van der Waals surface area contributed by atoms with E-state index < -0.39 is 6.29 Å². The lowest BCUT2D eigenvalue weighted by Crippen LogP contribution is -2.06. The molecule has 0 saturated heterocycles. The fourth-order valence-corrected chi connectivity index (χ4v) is 0.937. The molecule has 0 aromatic rings. The van der Waals surface area contributed by atoms with Gasteiger partial charge in [0.1, 0.15) is 0 Å². The van der Waals surface area contributed by atoms with Crippen molar-refractivity contribution < 1.29 is 10.2 Å². The van der Waals surface area contributed by atoms with Crippen molar-refractivity contribution in [3.8, 4) is 0 Å². The minimum absolute atomic E-state index is 0.381. The second-order valence-electron chi connectivity index (χ2n) is 2.71. The first-order chi connectivity index (χ1) is 4.66. The average molecular weight is 145 g/mol. The van der Waals surface area contributed by atoms with Gasteiger partial charge < -0.3 is 10.2 Å². The molecule has 2 N–H and O–H groups in total. The smallest absolute Gasteiger partial charge is 0.151 e. The molecule has 0 heterocycles. The molecule has 0 rings (SSSR count). The molecule has 0 bridgehead atoms. The third kappa shape index (κ3) is 6.05. The van der Waals surface area contributed by atoms with Gasteiger partial charge in [-0.3, -0.25) is 0 Å². The number of aliphatic hydroxyl groups is 2. The van der Waals surface area contributed by atoms with E-state index in [-0.39, 0.29) is 0 Å². The lowest BCUT2D eigenvalue weighted by Gasteiger charge is -2.09. The lowest BCUT2D eigenvalue weighted by atomic mass is 10.0. The van der Waals surface area contributed by atoms with Crippen molar-refractivity contribution in [3.63, 3.8) is 0 Å². The first-order valence-electron chi connectivity index (χ1n) is 3.86. The van der Waals surface area contributed by atoms with Crippen LogP contribution in [0.1, 0.15) is 32.6 Å². The van der Waals surface area contributed by atoms with Gasteiger partial charge in [-0.2, -0.15) is 0 Å². The Morgan fingerprint density at radius 1 is 1.20 bits per heavy atom.